The Morgan fingerprint density at radius 2 is 0.978 bits per heavy atom. The minimum absolute atomic E-state index is 0.764. The maximum absolute atomic E-state index is 4.33. The van der Waals surface area contributed by atoms with Gasteiger partial charge in [0.15, 0.2) is 0 Å². The average Bonchev–Trinajstić information content (AvgIpc) is 3.07. The zero-order valence-corrected chi connectivity index (χ0v) is 32.8. The zero-order chi connectivity index (χ0) is 34.0. The van der Waals surface area contributed by atoms with Crippen LogP contribution in [0.5, 0.6) is 0 Å². The number of hydrogen-bond donors (Lipinski definition) is 0. The van der Waals surface area contributed by atoms with Crippen LogP contribution in [-0.4, -0.2) is 0 Å². The van der Waals surface area contributed by atoms with Gasteiger partial charge in [-0.05, 0) is 108 Å². The Morgan fingerprint density at radius 1 is 0.587 bits per heavy atom. The first-order valence-corrected chi connectivity index (χ1v) is 21.3. The summed E-state index contributed by atoms with van der Waals surface area (Å²) < 4.78 is 0. The van der Waals surface area contributed by atoms with Crippen molar-refractivity contribution in [3.05, 3.63) is 37.5 Å². The first kappa shape index (κ1) is 45.2. The average molecular weight is 641 g/mol. The predicted octanol–water partition coefficient (Wildman–Crippen LogP) is 17.1. The summed E-state index contributed by atoms with van der Waals surface area (Å²) in [6.07, 6.45) is 51.3. The molecule has 0 spiro atoms. The fraction of sp³-hybridized carbons (Fsp3) is 0.870. The topological polar surface area (TPSA) is 0 Å². The van der Waals surface area contributed by atoms with E-state index in [-0.39, 0.29) is 0 Å². The van der Waals surface area contributed by atoms with Crippen molar-refractivity contribution in [1.82, 2.24) is 0 Å². The Kier molecular flexibility index (Phi) is 33.5. The molecule has 0 heterocycles. The van der Waals surface area contributed by atoms with E-state index >= 15 is 0 Å². The molecule has 2 bridgehead atoms. The Labute approximate surface area is 293 Å². The van der Waals surface area contributed by atoms with E-state index in [0.717, 1.165) is 17.3 Å². The SMILES string of the molecule is C=CC.C=CCCCCCCCC(=C)CCCC12CCC(CC1)CC2.CCCCCCCCCCC(CCCCC)CCCCC. The molecule has 0 unspecified atom stereocenters. The van der Waals surface area contributed by atoms with E-state index in [1.165, 1.54) is 217 Å². The third kappa shape index (κ3) is 27.2. The van der Waals surface area contributed by atoms with Gasteiger partial charge in [-0.1, -0.05) is 173 Å². The van der Waals surface area contributed by atoms with Gasteiger partial charge in [0.25, 0.3) is 0 Å². The summed E-state index contributed by atoms with van der Waals surface area (Å²) in [5, 5.41) is 0. The summed E-state index contributed by atoms with van der Waals surface area (Å²) >= 11 is 0. The Hall–Kier alpha value is -0.780. The van der Waals surface area contributed by atoms with E-state index in [0.29, 0.717) is 0 Å². The fourth-order valence-corrected chi connectivity index (χ4v) is 8.11. The molecule has 0 radical (unpaired) electrons. The maximum atomic E-state index is 4.33. The smallest absolute Gasteiger partial charge is 0.0297 e. The van der Waals surface area contributed by atoms with Crippen molar-refractivity contribution >= 4 is 0 Å². The van der Waals surface area contributed by atoms with Gasteiger partial charge in [-0.3, -0.25) is 0 Å². The van der Waals surface area contributed by atoms with E-state index in [2.05, 4.69) is 40.5 Å². The van der Waals surface area contributed by atoms with Gasteiger partial charge in [0.2, 0.25) is 0 Å². The first-order chi connectivity index (χ1) is 22.5. The standard InChI is InChI=1S/C22H38.C21H44.C3H6/c1-3-4-5-6-7-8-9-11-20(2)12-10-16-22-17-13-21(14-18-22)15-19-22;1-4-7-10-11-12-13-14-17-20-21(18-15-8-5-2)19-16-9-6-3;1-3-2/h3,21H,1-2,4-19H2;21H,4-20H2,1-3H3;3H,1H2,2H3. The van der Waals surface area contributed by atoms with E-state index in [1.807, 2.05) is 13.0 Å². The maximum Gasteiger partial charge on any atom is -0.0297 e. The first-order valence-electron chi connectivity index (χ1n) is 21.3. The van der Waals surface area contributed by atoms with E-state index in [1.54, 1.807) is 6.08 Å². The van der Waals surface area contributed by atoms with Crippen molar-refractivity contribution in [3.63, 3.8) is 0 Å². The summed E-state index contributed by atoms with van der Waals surface area (Å²) in [5.41, 5.74) is 2.28. The number of allylic oxidation sites excluding steroid dienone is 3. The van der Waals surface area contributed by atoms with Crippen LogP contribution >= 0.6 is 0 Å². The molecule has 46 heavy (non-hydrogen) atoms. The van der Waals surface area contributed by atoms with Crippen molar-refractivity contribution in [2.45, 2.75) is 240 Å². The Balaban J connectivity index is 0.000000812. The molecule has 3 fully saturated rings. The lowest BCUT2D eigenvalue weighted by Crippen LogP contribution is -2.33. The molecule has 3 aliphatic carbocycles. The van der Waals surface area contributed by atoms with Gasteiger partial charge < -0.3 is 0 Å². The van der Waals surface area contributed by atoms with Gasteiger partial charge in [-0.2, -0.15) is 0 Å². The highest BCUT2D eigenvalue weighted by atomic mass is 14.4. The summed E-state index contributed by atoms with van der Waals surface area (Å²) in [7, 11) is 0. The van der Waals surface area contributed by atoms with Crippen molar-refractivity contribution in [2.24, 2.45) is 17.3 Å². The third-order valence-corrected chi connectivity index (χ3v) is 11.3. The van der Waals surface area contributed by atoms with Crippen LogP contribution in [0.15, 0.2) is 37.5 Å². The van der Waals surface area contributed by atoms with Crippen LogP contribution < -0.4 is 0 Å². The summed E-state index contributed by atoms with van der Waals surface area (Å²) in [5.74, 6) is 2.14. The number of fused-ring (bicyclic) bond motifs is 3. The van der Waals surface area contributed by atoms with Gasteiger partial charge >= 0.3 is 0 Å². The van der Waals surface area contributed by atoms with E-state index in [4.69, 9.17) is 0 Å². The predicted molar refractivity (Wildman–Crippen MR) is 214 cm³/mol. The van der Waals surface area contributed by atoms with Crippen LogP contribution in [0.25, 0.3) is 0 Å². The van der Waals surface area contributed by atoms with E-state index in [9.17, 15) is 0 Å². The lowest BCUT2D eigenvalue weighted by Gasteiger charge is -2.47. The zero-order valence-electron chi connectivity index (χ0n) is 32.8. The summed E-state index contributed by atoms with van der Waals surface area (Å²) in [4.78, 5) is 0. The van der Waals surface area contributed by atoms with Gasteiger partial charge in [0, 0.05) is 0 Å². The highest BCUT2D eigenvalue weighted by Crippen LogP contribution is 2.52. The monoisotopic (exact) mass is 641 g/mol. The van der Waals surface area contributed by atoms with Crippen LogP contribution in [-0.2, 0) is 0 Å². The lowest BCUT2D eigenvalue weighted by molar-refractivity contribution is 0.0548. The fourth-order valence-electron chi connectivity index (χ4n) is 8.11. The van der Waals surface area contributed by atoms with Crippen LogP contribution in [0.2, 0.25) is 0 Å². The summed E-state index contributed by atoms with van der Waals surface area (Å²) in [6.45, 7) is 20.3. The molecular formula is C46H88. The van der Waals surface area contributed by atoms with Gasteiger partial charge in [-0.25, -0.2) is 0 Å². The molecule has 0 nitrogen and oxygen atoms in total. The van der Waals surface area contributed by atoms with Crippen molar-refractivity contribution in [1.29, 1.82) is 0 Å². The molecule has 3 aliphatic rings. The molecule has 0 aromatic heterocycles. The molecule has 0 aromatic rings. The number of rotatable bonds is 29. The Bertz CT molecular complexity index is 623. The molecule has 0 heteroatoms. The third-order valence-electron chi connectivity index (χ3n) is 11.3. The molecule has 0 amide bonds. The molecule has 0 saturated heterocycles. The quantitative estimate of drug-likeness (QED) is 0.0563. The molecule has 3 rings (SSSR count). The van der Waals surface area contributed by atoms with Gasteiger partial charge in [0.1, 0.15) is 0 Å². The highest BCUT2D eigenvalue weighted by molar-refractivity contribution is 4.96. The normalized spacial score (nSPS) is 18.4. The largest absolute Gasteiger partial charge is 0.103 e. The van der Waals surface area contributed by atoms with E-state index < -0.39 is 0 Å². The van der Waals surface area contributed by atoms with Crippen LogP contribution in [0.1, 0.15) is 240 Å². The molecule has 3 saturated carbocycles. The molecule has 0 aromatic carbocycles. The second-order valence-corrected chi connectivity index (χ2v) is 15.7. The second kappa shape index (κ2) is 34.1. The minimum Gasteiger partial charge on any atom is -0.103 e. The summed E-state index contributed by atoms with van der Waals surface area (Å²) in [6, 6.07) is 0. The van der Waals surface area contributed by atoms with Gasteiger partial charge in [0.05, 0.1) is 0 Å². The van der Waals surface area contributed by atoms with Gasteiger partial charge in [-0.15, -0.1) is 13.2 Å². The van der Waals surface area contributed by atoms with Crippen LogP contribution in [0.4, 0.5) is 0 Å². The minimum atomic E-state index is 0.764. The number of hydrogen-bond acceptors (Lipinski definition) is 0. The van der Waals surface area contributed by atoms with Crippen molar-refractivity contribution in [3.8, 4) is 0 Å². The van der Waals surface area contributed by atoms with Crippen molar-refractivity contribution < 1.29 is 0 Å². The molecule has 272 valence electrons. The van der Waals surface area contributed by atoms with Crippen LogP contribution in [0, 0.1) is 17.3 Å². The highest BCUT2D eigenvalue weighted by Gasteiger charge is 2.39. The van der Waals surface area contributed by atoms with Crippen molar-refractivity contribution in [2.75, 3.05) is 0 Å². The van der Waals surface area contributed by atoms with Crippen LogP contribution in [0.3, 0.4) is 0 Å². The lowest BCUT2D eigenvalue weighted by atomic mass is 9.59. The molecule has 0 atom stereocenters. The number of unbranched alkanes of at least 4 members (excludes halogenated alkanes) is 16. The second-order valence-electron chi connectivity index (χ2n) is 15.7. The molecule has 0 N–H and O–H groups in total. The molecular weight excluding hydrogens is 553 g/mol. The Morgan fingerprint density at radius 3 is 1.48 bits per heavy atom. The molecule has 0 aliphatic heterocycles.